The van der Waals surface area contributed by atoms with E-state index >= 15 is 0 Å². The maximum absolute atomic E-state index is 12.0. The number of nitrogens with two attached hydrogens (primary N) is 1. The van der Waals surface area contributed by atoms with Gasteiger partial charge in [-0.05, 0) is 46.5 Å². The third-order valence-corrected chi connectivity index (χ3v) is 3.37. The molecule has 2 N–H and O–H groups in total. The van der Waals surface area contributed by atoms with Crippen molar-refractivity contribution in [2.45, 2.75) is 70.2 Å². The Morgan fingerprint density at radius 2 is 1.75 bits per heavy atom. The first-order valence-corrected chi connectivity index (χ1v) is 6.14. The van der Waals surface area contributed by atoms with E-state index < -0.39 is 5.60 Å². The van der Waals surface area contributed by atoms with E-state index in [1.165, 1.54) is 0 Å². The summed E-state index contributed by atoms with van der Waals surface area (Å²) in [6.07, 6.45) is 3.85. The van der Waals surface area contributed by atoms with Gasteiger partial charge >= 0.3 is 6.09 Å². The van der Waals surface area contributed by atoms with Crippen molar-refractivity contribution in [3.8, 4) is 0 Å². The van der Waals surface area contributed by atoms with Gasteiger partial charge in [-0.3, -0.25) is 0 Å². The summed E-state index contributed by atoms with van der Waals surface area (Å²) >= 11 is 0. The molecule has 2 saturated heterocycles. The number of carbonyl (C=O) groups excluding carboxylic acids is 1. The first kappa shape index (κ1) is 11.7. The van der Waals surface area contributed by atoms with Crippen molar-refractivity contribution in [1.82, 2.24) is 4.90 Å². The van der Waals surface area contributed by atoms with Crippen molar-refractivity contribution in [3.05, 3.63) is 0 Å². The predicted molar refractivity (Wildman–Crippen MR) is 62.1 cm³/mol. The molecule has 16 heavy (non-hydrogen) atoms. The highest BCUT2D eigenvalue weighted by molar-refractivity contribution is 5.69. The van der Waals surface area contributed by atoms with Gasteiger partial charge in [0.05, 0.1) is 0 Å². The number of ether oxygens (including phenoxy) is 1. The molecular weight excluding hydrogens is 204 g/mol. The van der Waals surface area contributed by atoms with Gasteiger partial charge in [0.2, 0.25) is 0 Å². The summed E-state index contributed by atoms with van der Waals surface area (Å²) in [5, 5.41) is 0. The van der Waals surface area contributed by atoms with Crippen LogP contribution in [0.25, 0.3) is 0 Å². The SMILES string of the molecule is CC(C)(C)OC(=O)N1[C@H]2CC[C@H]1CC(N)C2. The van der Waals surface area contributed by atoms with Gasteiger partial charge in [0.25, 0.3) is 0 Å². The van der Waals surface area contributed by atoms with Gasteiger partial charge in [-0.1, -0.05) is 0 Å². The van der Waals surface area contributed by atoms with E-state index in [9.17, 15) is 4.79 Å². The molecule has 0 aromatic rings. The Labute approximate surface area is 97.1 Å². The molecule has 0 radical (unpaired) electrons. The number of rotatable bonds is 0. The Balaban J connectivity index is 2.03. The highest BCUT2D eigenvalue weighted by atomic mass is 16.6. The average Bonchev–Trinajstić information content (AvgIpc) is 2.36. The summed E-state index contributed by atoms with van der Waals surface area (Å²) in [6, 6.07) is 0.878. The lowest BCUT2D eigenvalue weighted by atomic mass is 9.99. The molecule has 0 aromatic heterocycles. The van der Waals surface area contributed by atoms with Gasteiger partial charge in [0.15, 0.2) is 0 Å². The molecule has 1 amide bonds. The summed E-state index contributed by atoms with van der Waals surface area (Å²) in [5.74, 6) is 0. The maximum atomic E-state index is 12.0. The minimum atomic E-state index is -0.407. The first-order valence-electron chi connectivity index (χ1n) is 6.14. The lowest BCUT2D eigenvalue weighted by Crippen LogP contribution is -2.51. The number of fused-ring (bicyclic) bond motifs is 2. The lowest BCUT2D eigenvalue weighted by molar-refractivity contribution is 0.00620. The Hall–Kier alpha value is -0.770. The van der Waals surface area contributed by atoms with E-state index in [0.29, 0.717) is 12.1 Å². The molecule has 2 atom stereocenters. The Morgan fingerprint density at radius 1 is 1.25 bits per heavy atom. The summed E-state index contributed by atoms with van der Waals surface area (Å²) in [5.41, 5.74) is 5.56. The van der Waals surface area contributed by atoms with Gasteiger partial charge in [-0.15, -0.1) is 0 Å². The van der Waals surface area contributed by atoms with Crippen molar-refractivity contribution in [1.29, 1.82) is 0 Å². The number of amides is 1. The highest BCUT2D eigenvalue weighted by Gasteiger charge is 2.43. The number of carbonyl (C=O) groups is 1. The zero-order valence-electron chi connectivity index (χ0n) is 10.4. The fourth-order valence-corrected chi connectivity index (χ4v) is 2.83. The van der Waals surface area contributed by atoms with Gasteiger partial charge < -0.3 is 15.4 Å². The van der Waals surface area contributed by atoms with Crippen molar-refractivity contribution in [2.75, 3.05) is 0 Å². The molecule has 0 saturated carbocycles. The molecule has 4 heteroatoms. The van der Waals surface area contributed by atoms with Crippen LogP contribution < -0.4 is 5.73 Å². The average molecular weight is 226 g/mol. The molecule has 0 aliphatic carbocycles. The molecule has 4 nitrogen and oxygen atoms in total. The molecule has 0 unspecified atom stereocenters. The van der Waals surface area contributed by atoms with Crippen LogP contribution in [0.15, 0.2) is 0 Å². The third kappa shape index (κ3) is 2.32. The van der Waals surface area contributed by atoms with Crippen LogP contribution in [0.2, 0.25) is 0 Å². The first-order chi connectivity index (χ1) is 7.37. The van der Waals surface area contributed by atoms with E-state index in [1.54, 1.807) is 0 Å². The molecule has 2 aliphatic rings. The zero-order chi connectivity index (χ0) is 11.9. The number of nitrogens with zero attached hydrogens (tertiary/aromatic N) is 1. The van der Waals surface area contributed by atoms with Crippen molar-refractivity contribution in [2.24, 2.45) is 5.73 Å². The van der Waals surface area contributed by atoms with Crippen LogP contribution >= 0.6 is 0 Å². The molecule has 92 valence electrons. The van der Waals surface area contributed by atoms with Crippen LogP contribution in [-0.4, -0.2) is 34.7 Å². The second kappa shape index (κ2) is 3.91. The van der Waals surface area contributed by atoms with E-state index in [1.807, 2.05) is 25.7 Å². The Morgan fingerprint density at radius 3 is 2.19 bits per heavy atom. The minimum Gasteiger partial charge on any atom is -0.444 e. The largest absolute Gasteiger partial charge is 0.444 e. The van der Waals surface area contributed by atoms with Crippen LogP contribution in [0.5, 0.6) is 0 Å². The van der Waals surface area contributed by atoms with Gasteiger partial charge in [-0.2, -0.15) is 0 Å². The monoisotopic (exact) mass is 226 g/mol. The standard InChI is InChI=1S/C12H22N2O2/c1-12(2,3)16-11(15)14-9-4-5-10(14)7-8(13)6-9/h8-10H,4-7,13H2,1-3H3/t9-,10-/m0/s1. The van der Waals surface area contributed by atoms with Crippen LogP contribution in [-0.2, 0) is 4.74 Å². The van der Waals surface area contributed by atoms with Crippen molar-refractivity contribution in [3.63, 3.8) is 0 Å². The van der Waals surface area contributed by atoms with E-state index in [4.69, 9.17) is 10.5 Å². The zero-order valence-corrected chi connectivity index (χ0v) is 10.4. The number of hydrogen-bond acceptors (Lipinski definition) is 3. The Kier molecular flexibility index (Phi) is 2.86. The summed E-state index contributed by atoms with van der Waals surface area (Å²) in [7, 11) is 0. The topological polar surface area (TPSA) is 55.6 Å². The van der Waals surface area contributed by atoms with E-state index in [2.05, 4.69) is 0 Å². The van der Waals surface area contributed by atoms with Gasteiger partial charge in [0, 0.05) is 18.1 Å². The molecule has 2 aliphatic heterocycles. The smallest absolute Gasteiger partial charge is 0.410 e. The second-order valence-electron chi connectivity index (χ2n) is 6.00. The fraction of sp³-hybridized carbons (Fsp3) is 0.917. The van der Waals surface area contributed by atoms with Crippen LogP contribution in [0.3, 0.4) is 0 Å². The molecule has 2 rings (SSSR count). The van der Waals surface area contributed by atoms with Gasteiger partial charge in [-0.25, -0.2) is 4.79 Å². The normalized spacial score (nSPS) is 34.0. The fourth-order valence-electron chi connectivity index (χ4n) is 2.83. The van der Waals surface area contributed by atoms with Crippen LogP contribution in [0, 0.1) is 0 Å². The number of piperidine rings is 1. The molecule has 2 bridgehead atoms. The number of hydrogen-bond donors (Lipinski definition) is 1. The molecular formula is C12H22N2O2. The molecule has 0 aromatic carbocycles. The second-order valence-corrected chi connectivity index (χ2v) is 6.00. The molecule has 0 spiro atoms. The lowest BCUT2D eigenvalue weighted by Gasteiger charge is -2.38. The third-order valence-electron chi connectivity index (χ3n) is 3.37. The van der Waals surface area contributed by atoms with Crippen molar-refractivity contribution < 1.29 is 9.53 Å². The Bertz CT molecular complexity index is 271. The van der Waals surface area contributed by atoms with E-state index in [-0.39, 0.29) is 12.1 Å². The highest BCUT2D eigenvalue weighted by Crippen LogP contribution is 2.36. The summed E-state index contributed by atoms with van der Waals surface area (Å²) in [6.45, 7) is 5.72. The maximum Gasteiger partial charge on any atom is 0.410 e. The van der Waals surface area contributed by atoms with Crippen LogP contribution in [0.1, 0.15) is 46.5 Å². The van der Waals surface area contributed by atoms with Crippen LogP contribution in [0.4, 0.5) is 4.79 Å². The summed E-state index contributed by atoms with van der Waals surface area (Å²) < 4.78 is 5.44. The van der Waals surface area contributed by atoms with Crippen molar-refractivity contribution >= 4 is 6.09 Å². The molecule has 2 heterocycles. The van der Waals surface area contributed by atoms with Gasteiger partial charge in [0.1, 0.15) is 5.60 Å². The predicted octanol–water partition coefficient (Wildman–Crippen LogP) is 1.88. The van der Waals surface area contributed by atoms with E-state index in [0.717, 1.165) is 25.7 Å². The summed E-state index contributed by atoms with van der Waals surface area (Å²) in [4.78, 5) is 14.0. The molecule has 2 fully saturated rings. The quantitative estimate of drug-likeness (QED) is 0.686. The minimum absolute atomic E-state index is 0.160.